The number of rotatable bonds is 5. The summed E-state index contributed by atoms with van der Waals surface area (Å²) in [7, 11) is 2.11. The molecule has 1 amide bonds. The highest BCUT2D eigenvalue weighted by Gasteiger charge is 2.33. The molecule has 0 bridgehead atoms. The fourth-order valence-electron chi connectivity index (χ4n) is 4.82. The molecule has 1 aromatic carbocycles. The third-order valence-electron chi connectivity index (χ3n) is 6.41. The van der Waals surface area contributed by atoms with E-state index < -0.39 is 0 Å². The number of benzene rings is 1. The summed E-state index contributed by atoms with van der Waals surface area (Å²) in [5, 5.41) is 8.74. The molecule has 33 heavy (non-hydrogen) atoms. The summed E-state index contributed by atoms with van der Waals surface area (Å²) in [6, 6.07) is 14.4. The third-order valence-corrected chi connectivity index (χ3v) is 6.41. The average Bonchev–Trinajstić information content (AvgIpc) is 3.37. The van der Waals surface area contributed by atoms with Gasteiger partial charge in [0.1, 0.15) is 0 Å². The van der Waals surface area contributed by atoms with Crippen LogP contribution < -0.4 is 5.32 Å². The summed E-state index contributed by atoms with van der Waals surface area (Å²) in [4.78, 5) is 24.0. The van der Waals surface area contributed by atoms with Crippen LogP contribution in [-0.2, 0) is 11.2 Å². The van der Waals surface area contributed by atoms with Crippen LogP contribution in [0.1, 0.15) is 28.4 Å². The summed E-state index contributed by atoms with van der Waals surface area (Å²) in [5.74, 6) is 0.288. The zero-order valence-corrected chi connectivity index (χ0v) is 19.2. The number of pyridine rings is 2. The first kappa shape index (κ1) is 21.3. The van der Waals surface area contributed by atoms with Crippen LogP contribution in [0.4, 0.5) is 0 Å². The highest BCUT2D eigenvalue weighted by Crippen LogP contribution is 2.29. The minimum Gasteiger partial charge on any atom is -0.351 e. The van der Waals surface area contributed by atoms with E-state index in [4.69, 9.17) is 0 Å². The number of amides is 1. The zero-order valence-electron chi connectivity index (χ0n) is 19.2. The van der Waals surface area contributed by atoms with Crippen LogP contribution >= 0.6 is 0 Å². The number of nitrogens with zero attached hydrogens (tertiary/aromatic N) is 5. The standard InChI is InChI=1S/C26H28N6O/c1-17-6-4-5-7-22(17)23-15-31(3)16-24(23)30-26(33)12-20-11-19-13-29-32(25(19)14-28-20)21-8-9-27-18(2)10-21/h4-11,13-14,23-24H,12,15-16H2,1-3H3,(H,30,33)/t23-,24+/m1/s1. The predicted molar refractivity (Wildman–Crippen MR) is 128 cm³/mol. The van der Waals surface area contributed by atoms with E-state index in [1.54, 1.807) is 12.4 Å². The van der Waals surface area contributed by atoms with Gasteiger partial charge in [-0.15, -0.1) is 0 Å². The van der Waals surface area contributed by atoms with Crippen molar-refractivity contribution < 1.29 is 4.79 Å². The molecule has 0 spiro atoms. The summed E-state index contributed by atoms with van der Waals surface area (Å²) in [6.45, 7) is 5.87. The third kappa shape index (κ3) is 4.36. The minimum atomic E-state index is -0.00196. The summed E-state index contributed by atoms with van der Waals surface area (Å²) in [6.07, 6.45) is 5.62. The lowest BCUT2D eigenvalue weighted by Gasteiger charge is -2.22. The Kier molecular flexibility index (Phi) is 5.64. The monoisotopic (exact) mass is 440 g/mol. The van der Waals surface area contributed by atoms with E-state index in [9.17, 15) is 4.79 Å². The van der Waals surface area contributed by atoms with Crippen LogP contribution in [0.2, 0.25) is 0 Å². The quantitative estimate of drug-likeness (QED) is 0.516. The number of likely N-dealkylation sites (tertiary alicyclic amines) is 1. The van der Waals surface area contributed by atoms with Gasteiger partial charge in [0.25, 0.3) is 0 Å². The molecular weight excluding hydrogens is 412 g/mol. The van der Waals surface area contributed by atoms with Crippen LogP contribution in [-0.4, -0.2) is 56.7 Å². The van der Waals surface area contributed by atoms with E-state index in [1.807, 2.05) is 36.0 Å². The highest BCUT2D eigenvalue weighted by molar-refractivity contribution is 5.83. The molecule has 3 aromatic heterocycles. The maximum absolute atomic E-state index is 12.9. The van der Waals surface area contributed by atoms with Crippen LogP contribution in [0.3, 0.4) is 0 Å². The summed E-state index contributed by atoms with van der Waals surface area (Å²) < 4.78 is 1.85. The Hall–Kier alpha value is -3.58. The second-order valence-corrected chi connectivity index (χ2v) is 8.98. The van der Waals surface area contributed by atoms with E-state index in [-0.39, 0.29) is 24.3 Å². The molecule has 168 valence electrons. The van der Waals surface area contributed by atoms with Crippen LogP contribution in [0.25, 0.3) is 16.6 Å². The van der Waals surface area contributed by atoms with Crippen molar-refractivity contribution in [3.8, 4) is 5.69 Å². The number of carbonyl (C=O) groups is 1. The number of carbonyl (C=O) groups excluding carboxylic acids is 1. The molecule has 5 rings (SSSR count). The van der Waals surface area contributed by atoms with E-state index >= 15 is 0 Å². The van der Waals surface area contributed by atoms with Gasteiger partial charge in [0.05, 0.1) is 35.7 Å². The molecule has 7 heteroatoms. The molecule has 7 nitrogen and oxygen atoms in total. The van der Waals surface area contributed by atoms with Crippen molar-refractivity contribution >= 4 is 16.8 Å². The average molecular weight is 441 g/mol. The molecule has 4 heterocycles. The highest BCUT2D eigenvalue weighted by atomic mass is 16.1. The van der Waals surface area contributed by atoms with E-state index in [0.29, 0.717) is 0 Å². The van der Waals surface area contributed by atoms with Crippen molar-refractivity contribution in [1.82, 2.24) is 30.0 Å². The lowest BCUT2D eigenvalue weighted by atomic mass is 9.91. The molecule has 1 aliphatic heterocycles. The second-order valence-electron chi connectivity index (χ2n) is 8.98. The molecule has 0 saturated carbocycles. The molecule has 1 saturated heterocycles. The summed E-state index contributed by atoms with van der Waals surface area (Å²) in [5.41, 5.74) is 6.10. The first-order valence-electron chi connectivity index (χ1n) is 11.3. The number of fused-ring (bicyclic) bond motifs is 1. The maximum Gasteiger partial charge on any atom is 0.226 e. The Morgan fingerprint density at radius 1 is 1.09 bits per heavy atom. The van der Waals surface area contributed by atoms with Crippen molar-refractivity contribution in [3.05, 3.63) is 83.6 Å². The Morgan fingerprint density at radius 2 is 1.94 bits per heavy atom. The number of aryl methyl sites for hydroxylation is 2. The molecule has 1 aliphatic rings. The molecule has 4 aromatic rings. The number of nitrogens with one attached hydrogen (secondary N) is 1. The molecule has 0 radical (unpaired) electrons. The number of likely N-dealkylation sites (N-methyl/N-ethyl adjacent to an activating group) is 1. The number of hydrogen-bond donors (Lipinski definition) is 1. The summed E-state index contributed by atoms with van der Waals surface area (Å²) >= 11 is 0. The van der Waals surface area contributed by atoms with Crippen molar-refractivity contribution in [1.29, 1.82) is 0 Å². The van der Waals surface area contributed by atoms with Gasteiger partial charge in [0, 0.05) is 42.3 Å². The van der Waals surface area contributed by atoms with Gasteiger partial charge in [0.2, 0.25) is 5.91 Å². The minimum absolute atomic E-state index is 0.00196. The normalized spacial score (nSPS) is 18.6. The van der Waals surface area contributed by atoms with E-state index in [0.717, 1.165) is 41.1 Å². The molecule has 0 unspecified atom stereocenters. The Labute approximate surface area is 193 Å². The molecule has 2 atom stereocenters. The fraction of sp³-hybridized carbons (Fsp3) is 0.308. The van der Waals surface area contributed by atoms with Gasteiger partial charge in [-0.25, -0.2) is 4.68 Å². The van der Waals surface area contributed by atoms with Gasteiger partial charge in [-0.1, -0.05) is 24.3 Å². The predicted octanol–water partition coefficient (Wildman–Crippen LogP) is 3.19. The first-order valence-corrected chi connectivity index (χ1v) is 11.3. The maximum atomic E-state index is 12.9. The number of aromatic nitrogens is 4. The topological polar surface area (TPSA) is 75.9 Å². The smallest absolute Gasteiger partial charge is 0.226 e. The van der Waals surface area contributed by atoms with Crippen LogP contribution in [0.5, 0.6) is 0 Å². The first-order chi connectivity index (χ1) is 16.0. The lowest BCUT2D eigenvalue weighted by Crippen LogP contribution is -2.40. The fourth-order valence-corrected chi connectivity index (χ4v) is 4.82. The van der Waals surface area contributed by atoms with Crippen LogP contribution in [0.15, 0.2) is 61.1 Å². The second kappa shape index (κ2) is 8.75. The number of hydrogen-bond acceptors (Lipinski definition) is 5. The van der Waals surface area contributed by atoms with Gasteiger partial charge in [-0.2, -0.15) is 5.10 Å². The largest absolute Gasteiger partial charge is 0.351 e. The Bertz CT molecular complexity index is 1310. The van der Waals surface area contributed by atoms with Gasteiger partial charge in [-0.3, -0.25) is 14.8 Å². The molecule has 1 N–H and O–H groups in total. The Balaban J connectivity index is 1.31. The lowest BCUT2D eigenvalue weighted by molar-refractivity contribution is -0.121. The molecule has 0 aliphatic carbocycles. The van der Waals surface area contributed by atoms with Gasteiger partial charge in [-0.05, 0) is 50.2 Å². The van der Waals surface area contributed by atoms with E-state index in [1.165, 1.54) is 11.1 Å². The van der Waals surface area contributed by atoms with Crippen molar-refractivity contribution in [3.63, 3.8) is 0 Å². The van der Waals surface area contributed by atoms with Crippen molar-refractivity contribution in [2.24, 2.45) is 0 Å². The van der Waals surface area contributed by atoms with E-state index in [2.05, 4.69) is 63.5 Å². The van der Waals surface area contributed by atoms with Gasteiger partial charge < -0.3 is 10.2 Å². The molecule has 1 fully saturated rings. The van der Waals surface area contributed by atoms with Gasteiger partial charge >= 0.3 is 0 Å². The molecular formula is C26H28N6O. The van der Waals surface area contributed by atoms with Gasteiger partial charge in [0.15, 0.2) is 0 Å². The zero-order chi connectivity index (χ0) is 22.9. The van der Waals surface area contributed by atoms with Crippen molar-refractivity contribution in [2.75, 3.05) is 20.1 Å². The van der Waals surface area contributed by atoms with Crippen LogP contribution in [0, 0.1) is 13.8 Å². The Morgan fingerprint density at radius 3 is 2.76 bits per heavy atom. The van der Waals surface area contributed by atoms with Crippen molar-refractivity contribution in [2.45, 2.75) is 32.2 Å². The SMILES string of the molecule is Cc1cc(-n2ncc3cc(CC(=O)N[C@H]4CN(C)C[C@@H]4c4ccccc4C)ncc32)ccn1.